The number of benzene rings is 1. The lowest BCUT2D eigenvalue weighted by atomic mass is 10.1. The standard InChI is InChI=1S/C18H24N2O3/c21-17-7-8-20(12-17)11-15-5-2-1-4-14(15)10-19-18(22)16-6-3-9-23-13-16/h1-2,4-5,13,17,21H,3,6-12H2,(H,19,22)/t17-/m0/s1. The van der Waals surface area contributed by atoms with E-state index in [0.717, 1.165) is 50.0 Å². The Labute approximate surface area is 136 Å². The van der Waals surface area contributed by atoms with Crippen LogP contribution in [0.4, 0.5) is 0 Å². The Bertz CT molecular complexity index is 585. The van der Waals surface area contributed by atoms with Crippen molar-refractivity contribution in [2.75, 3.05) is 19.7 Å². The van der Waals surface area contributed by atoms with E-state index in [2.05, 4.69) is 16.3 Å². The van der Waals surface area contributed by atoms with Crippen LogP contribution in [0.5, 0.6) is 0 Å². The van der Waals surface area contributed by atoms with Crippen LogP contribution in [-0.4, -0.2) is 41.7 Å². The van der Waals surface area contributed by atoms with Gasteiger partial charge in [-0.1, -0.05) is 24.3 Å². The number of nitrogens with zero attached hydrogens (tertiary/aromatic N) is 1. The molecule has 2 aliphatic rings. The third kappa shape index (κ3) is 4.33. The van der Waals surface area contributed by atoms with Gasteiger partial charge in [0.15, 0.2) is 0 Å². The molecule has 5 heteroatoms. The predicted octanol–water partition coefficient (Wildman–Crippen LogP) is 1.56. The number of rotatable bonds is 5. The van der Waals surface area contributed by atoms with E-state index in [0.29, 0.717) is 13.2 Å². The van der Waals surface area contributed by atoms with Crippen molar-refractivity contribution in [3.8, 4) is 0 Å². The second-order valence-electron chi connectivity index (χ2n) is 6.25. The molecule has 0 bridgehead atoms. The Hall–Kier alpha value is -1.85. The molecule has 1 fully saturated rings. The molecule has 2 heterocycles. The van der Waals surface area contributed by atoms with Crippen molar-refractivity contribution in [3.05, 3.63) is 47.2 Å². The summed E-state index contributed by atoms with van der Waals surface area (Å²) in [6, 6.07) is 8.15. The number of carbonyl (C=O) groups excluding carboxylic acids is 1. The molecule has 0 aliphatic carbocycles. The van der Waals surface area contributed by atoms with Crippen molar-refractivity contribution in [1.29, 1.82) is 0 Å². The third-order valence-corrected chi connectivity index (χ3v) is 4.42. The van der Waals surface area contributed by atoms with Crippen LogP contribution in [0.3, 0.4) is 0 Å². The number of likely N-dealkylation sites (tertiary alicyclic amines) is 1. The van der Waals surface area contributed by atoms with Crippen LogP contribution in [0, 0.1) is 0 Å². The first-order chi connectivity index (χ1) is 11.2. The summed E-state index contributed by atoms with van der Waals surface area (Å²) in [6.07, 6.45) is 3.88. The van der Waals surface area contributed by atoms with E-state index in [1.807, 2.05) is 18.2 Å². The van der Waals surface area contributed by atoms with Crippen LogP contribution in [-0.2, 0) is 22.6 Å². The van der Waals surface area contributed by atoms with Crippen LogP contribution in [0.15, 0.2) is 36.1 Å². The molecule has 23 heavy (non-hydrogen) atoms. The summed E-state index contributed by atoms with van der Waals surface area (Å²) in [5, 5.41) is 12.6. The van der Waals surface area contributed by atoms with Gasteiger partial charge in [0, 0.05) is 26.2 Å². The van der Waals surface area contributed by atoms with Gasteiger partial charge in [-0.05, 0) is 30.4 Å². The molecule has 1 saturated heterocycles. The van der Waals surface area contributed by atoms with E-state index >= 15 is 0 Å². The summed E-state index contributed by atoms with van der Waals surface area (Å²) in [5.74, 6) is -0.0453. The first-order valence-electron chi connectivity index (χ1n) is 8.28. The first kappa shape index (κ1) is 16.0. The summed E-state index contributed by atoms with van der Waals surface area (Å²) < 4.78 is 5.22. The smallest absolute Gasteiger partial charge is 0.250 e. The monoisotopic (exact) mass is 316 g/mol. The molecule has 1 aromatic carbocycles. The number of amides is 1. The normalized spacial score (nSPS) is 21.6. The number of carbonyl (C=O) groups is 1. The maximum absolute atomic E-state index is 12.2. The van der Waals surface area contributed by atoms with Gasteiger partial charge in [0.2, 0.25) is 0 Å². The minimum atomic E-state index is -0.208. The number of nitrogens with one attached hydrogen (secondary N) is 1. The van der Waals surface area contributed by atoms with Gasteiger partial charge in [0.1, 0.15) is 0 Å². The number of aliphatic hydroxyl groups excluding tert-OH is 1. The largest absolute Gasteiger partial charge is 0.501 e. The highest BCUT2D eigenvalue weighted by Crippen LogP contribution is 2.17. The molecule has 2 N–H and O–H groups in total. The summed E-state index contributed by atoms with van der Waals surface area (Å²) in [7, 11) is 0. The van der Waals surface area contributed by atoms with Gasteiger partial charge in [-0.3, -0.25) is 9.69 Å². The van der Waals surface area contributed by atoms with Crippen LogP contribution in [0.1, 0.15) is 30.4 Å². The first-order valence-corrected chi connectivity index (χ1v) is 8.28. The van der Waals surface area contributed by atoms with Gasteiger partial charge in [0.05, 0.1) is 24.5 Å². The highest BCUT2D eigenvalue weighted by molar-refractivity contribution is 5.93. The number of ether oxygens (including phenoxy) is 1. The molecule has 1 amide bonds. The molecule has 1 atom stereocenters. The van der Waals surface area contributed by atoms with Crippen molar-refractivity contribution >= 4 is 5.91 Å². The van der Waals surface area contributed by atoms with Gasteiger partial charge in [-0.25, -0.2) is 0 Å². The maximum atomic E-state index is 12.2. The molecule has 0 unspecified atom stereocenters. The fourth-order valence-electron chi connectivity index (χ4n) is 3.10. The highest BCUT2D eigenvalue weighted by atomic mass is 16.5. The molecular weight excluding hydrogens is 292 g/mol. The van der Waals surface area contributed by atoms with Crippen molar-refractivity contribution in [2.24, 2.45) is 0 Å². The van der Waals surface area contributed by atoms with Crippen LogP contribution < -0.4 is 5.32 Å². The SMILES string of the molecule is O=C(NCc1ccccc1CN1CC[C@H](O)C1)C1=COCCC1. The van der Waals surface area contributed by atoms with E-state index in [9.17, 15) is 9.90 Å². The minimum Gasteiger partial charge on any atom is -0.501 e. The van der Waals surface area contributed by atoms with E-state index in [1.54, 1.807) is 6.26 Å². The predicted molar refractivity (Wildman–Crippen MR) is 87.5 cm³/mol. The van der Waals surface area contributed by atoms with E-state index in [-0.39, 0.29) is 12.0 Å². The highest BCUT2D eigenvalue weighted by Gasteiger charge is 2.21. The third-order valence-electron chi connectivity index (χ3n) is 4.42. The molecule has 0 saturated carbocycles. The van der Waals surface area contributed by atoms with Gasteiger partial charge < -0.3 is 15.2 Å². The van der Waals surface area contributed by atoms with Crippen molar-refractivity contribution in [3.63, 3.8) is 0 Å². The number of hydrogen-bond donors (Lipinski definition) is 2. The zero-order chi connectivity index (χ0) is 16.1. The fourth-order valence-corrected chi connectivity index (χ4v) is 3.10. The maximum Gasteiger partial charge on any atom is 0.250 e. The number of aliphatic hydroxyl groups is 1. The zero-order valence-electron chi connectivity index (χ0n) is 13.3. The molecule has 0 aromatic heterocycles. The molecule has 2 aliphatic heterocycles. The lowest BCUT2D eigenvalue weighted by Crippen LogP contribution is -2.27. The second kappa shape index (κ2) is 7.62. The molecule has 3 rings (SSSR count). The molecule has 5 nitrogen and oxygen atoms in total. The van der Waals surface area contributed by atoms with Crippen molar-refractivity contribution in [1.82, 2.24) is 10.2 Å². The topological polar surface area (TPSA) is 61.8 Å². The average molecular weight is 316 g/mol. The van der Waals surface area contributed by atoms with Crippen LogP contribution >= 0.6 is 0 Å². The van der Waals surface area contributed by atoms with Gasteiger partial charge in [0.25, 0.3) is 5.91 Å². The van der Waals surface area contributed by atoms with Gasteiger partial charge >= 0.3 is 0 Å². The molecular formula is C18H24N2O3. The fraction of sp³-hybridized carbons (Fsp3) is 0.500. The van der Waals surface area contributed by atoms with Crippen LogP contribution in [0.25, 0.3) is 0 Å². The van der Waals surface area contributed by atoms with Gasteiger partial charge in [-0.2, -0.15) is 0 Å². The molecule has 124 valence electrons. The minimum absolute atomic E-state index is 0.0453. The van der Waals surface area contributed by atoms with E-state index in [4.69, 9.17) is 4.74 Å². The second-order valence-corrected chi connectivity index (χ2v) is 6.25. The average Bonchev–Trinajstić information content (AvgIpc) is 2.99. The van der Waals surface area contributed by atoms with Gasteiger partial charge in [-0.15, -0.1) is 0 Å². The Morgan fingerprint density at radius 2 is 2.17 bits per heavy atom. The van der Waals surface area contributed by atoms with Crippen LogP contribution in [0.2, 0.25) is 0 Å². The Kier molecular flexibility index (Phi) is 5.31. The Morgan fingerprint density at radius 3 is 2.87 bits per heavy atom. The van der Waals surface area contributed by atoms with E-state index < -0.39 is 0 Å². The molecule has 0 radical (unpaired) electrons. The summed E-state index contributed by atoms with van der Waals surface area (Å²) in [6.45, 7) is 3.68. The quantitative estimate of drug-likeness (QED) is 0.865. The number of β-amino-alcohol motifs (C(OH)–C–C–N with tert-alkyl or cyclic N) is 1. The lowest BCUT2D eigenvalue weighted by Gasteiger charge is -2.18. The van der Waals surface area contributed by atoms with E-state index in [1.165, 1.54) is 5.56 Å². The number of hydrogen-bond acceptors (Lipinski definition) is 4. The Balaban J connectivity index is 1.59. The lowest BCUT2D eigenvalue weighted by molar-refractivity contribution is -0.118. The summed E-state index contributed by atoms with van der Waals surface area (Å²) in [4.78, 5) is 14.4. The molecule has 0 spiro atoms. The van der Waals surface area contributed by atoms with Crippen molar-refractivity contribution in [2.45, 2.75) is 38.5 Å². The molecule has 1 aromatic rings. The Morgan fingerprint density at radius 1 is 1.35 bits per heavy atom. The van der Waals surface area contributed by atoms with Crippen molar-refractivity contribution < 1.29 is 14.6 Å². The summed E-state index contributed by atoms with van der Waals surface area (Å²) >= 11 is 0. The summed E-state index contributed by atoms with van der Waals surface area (Å²) in [5.41, 5.74) is 3.05. The zero-order valence-corrected chi connectivity index (χ0v) is 13.3.